The zero-order chi connectivity index (χ0) is 14.0. The molecule has 2 aromatic rings. The van der Waals surface area contributed by atoms with E-state index in [1.54, 1.807) is 12.1 Å². The highest BCUT2D eigenvalue weighted by Gasteiger charge is 2.63. The van der Waals surface area contributed by atoms with Gasteiger partial charge in [0, 0.05) is 4.91 Å². The number of hydrogen-bond acceptors (Lipinski definition) is 2. The van der Waals surface area contributed by atoms with Crippen molar-refractivity contribution in [2.24, 2.45) is 5.11 Å². The molecule has 1 fully saturated rings. The van der Waals surface area contributed by atoms with Gasteiger partial charge < -0.3 is 4.74 Å². The van der Waals surface area contributed by atoms with Crippen LogP contribution in [0.1, 0.15) is 17.2 Å². The highest BCUT2D eigenvalue weighted by molar-refractivity contribution is 5.91. The molecule has 0 aliphatic carbocycles. The molecule has 2 unspecified atom stereocenters. The second-order valence-electron chi connectivity index (χ2n) is 4.50. The van der Waals surface area contributed by atoms with Crippen LogP contribution in [0.3, 0.4) is 0 Å². The summed E-state index contributed by atoms with van der Waals surface area (Å²) in [5.41, 5.74) is 8.91. The van der Waals surface area contributed by atoms with Gasteiger partial charge in [0.25, 0.3) is 5.91 Å². The van der Waals surface area contributed by atoms with Gasteiger partial charge in [-0.05, 0) is 21.8 Å². The lowest BCUT2D eigenvalue weighted by Gasteiger charge is -2.09. The Morgan fingerprint density at radius 3 is 2.30 bits per heavy atom. The summed E-state index contributed by atoms with van der Waals surface area (Å²) in [6.07, 6.45) is -0.413. The van der Waals surface area contributed by atoms with Gasteiger partial charge in [0.1, 0.15) is 6.10 Å². The minimum Gasteiger partial charge on any atom is -0.347 e. The first kappa shape index (κ1) is 12.4. The number of carbonyl (C=O) groups is 1. The third kappa shape index (κ3) is 1.86. The van der Waals surface area contributed by atoms with E-state index in [1.807, 2.05) is 48.5 Å². The van der Waals surface area contributed by atoms with Crippen LogP contribution < -0.4 is 0 Å². The lowest BCUT2D eigenvalue weighted by atomic mass is 9.91. The van der Waals surface area contributed by atoms with Gasteiger partial charge in [-0.1, -0.05) is 60.7 Å². The fourth-order valence-corrected chi connectivity index (χ4v) is 2.39. The first-order valence-electron chi connectivity index (χ1n) is 6.17. The summed E-state index contributed by atoms with van der Waals surface area (Å²) in [5, 5.41) is 3.23. The molecule has 2 atom stereocenters. The van der Waals surface area contributed by atoms with Gasteiger partial charge in [0.2, 0.25) is 0 Å². The van der Waals surface area contributed by atoms with E-state index in [0.29, 0.717) is 5.56 Å². The zero-order valence-electron chi connectivity index (χ0n) is 10.5. The highest BCUT2D eigenvalue weighted by atomic mass is 16.6. The Balaban J connectivity index is 2.05. The van der Waals surface area contributed by atoms with Crippen LogP contribution in [0.5, 0.6) is 0 Å². The van der Waals surface area contributed by atoms with E-state index >= 15 is 0 Å². The Bertz CT molecular complexity index is 681. The Labute approximate surface area is 115 Å². The lowest BCUT2D eigenvalue weighted by molar-refractivity contribution is -0.123. The summed E-state index contributed by atoms with van der Waals surface area (Å²) in [7, 11) is 0. The number of amides is 1. The van der Waals surface area contributed by atoms with Crippen LogP contribution >= 0.6 is 0 Å². The van der Waals surface area contributed by atoms with Crippen LogP contribution in [-0.4, -0.2) is 5.91 Å². The molecule has 2 aromatic carbocycles. The second kappa shape index (κ2) is 4.81. The van der Waals surface area contributed by atoms with Crippen LogP contribution in [0.15, 0.2) is 65.8 Å². The van der Waals surface area contributed by atoms with E-state index in [9.17, 15) is 4.79 Å². The molecule has 0 saturated carbocycles. The van der Waals surface area contributed by atoms with Gasteiger partial charge >= 0.3 is 0 Å². The molecule has 0 N–H and O–H groups in total. The molecule has 5 heteroatoms. The number of epoxide rings is 1. The molecule has 98 valence electrons. The molecular formula is C15H11N3O2. The zero-order valence-corrected chi connectivity index (χ0v) is 10.5. The fraction of sp³-hybridized carbons (Fsp3) is 0.133. The van der Waals surface area contributed by atoms with Crippen molar-refractivity contribution in [3.63, 3.8) is 0 Å². The highest BCUT2D eigenvalue weighted by Crippen LogP contribution is 2.57. The van der Waals surface area contributed by atoms with Crippen LogP contribution in [0.4, 0.5) is 0 Å². The van der Waals surface area contributed by atoms with E-state index < -0.39 is 17.6 Å². The number of benzene rings is 2. The molecule has 0 bridgehead atoms. The molecule has 1 amide bonds. The van der Waals surface area contributed by atoms with Crippen molar-refractivity contribution in [3.8, 4) is 0 Å². The fourth-order valence-electron chi connectivity index (χ4n) is 2.39. The van der Waals surface area contributed by atoms with Crippen molar-refractivity contribution in [2.75, 3.05) is 0 Å². The Morgan fingerprint density at radius 2 is 1.70 bits per heavy atom. The second-order valence-corrected chi connectivity index (χ2v) is 4.50. The van der Waals surface area contributed by atoms with Crippen molar-refractivity contribution in [1.29, 1.82) is 0 Å². The lowest BCUT2D eigenvalue weighted by Crippen LogP contribution is -2.20. The SMILES string of the molecule is [N-]=[N+]=NC(=O)C1(c2ccccc2)OC1c1ccccc1. The molecule has 20 heavy (non-hydrogen) atoms. The van der Waals surface area contributed by atoms with E-state index in [4.69, 9.17) is 10.3 Å². The van der Waals surface area contributed by atoms with Gasteiger partial charge in [0.15, 0.2) is 5.60 Å². The van der Waals surface area contributed by atoms with Gasteiger partial charge in [-0.25, -0.2) is 0 Å². The maximum absolute atomic E-state index is 12.2. The Kier molecular flexibility index (Phi) is 2.99. The number of carbonyl (C=O) groups excluding carboxylic acids is 1. The van der Waals surface area contributed by atoms with Gasteiger partial charge in [0.05, 0.1) is 0 Å². The van der Waals surface area contributed by atoms with Gasteiger partial charge in [-0.2, -0.15) is 0 Å². The number of ether oxygens (including phenoxy) is 1. The summed E-state index contributed by atoms with van der Waals surface area (Å²) < 4.78 is 5.68. The molecule has 1 heterocycles. The van der Waals surface area contributed by atoms with Crippen molar-refractivity contribution in [2.45, 2.75) is 11.7 Å². The Hall–Kier alpha value is -2.62. The largest absolute Gasteiger partial charge is 0.347 e. The average molecular weight is 265 g/mol. The van der Waals surface area contributed by atoms with Crippen LogP contribution in [-0.2, 0) is 15.1 Å². The van der Waals surface area contributed by atoms with Crippen molar-refractivity contribution in [3.05, 3.63) is 82.2 Å². The first-order valence-corrected chi connectivity index (χ1v) is 6.17. The van der Waals surface area contributed by atoms with E-state index in [2.05, 4.69) is 10.0 Å². The molecule has 3 rings (SSSR count). The molecule has 5 nitrogen and oxygen atoms in total. The molecule has 1 aliphatic rings. The maximum Gasteiger partial charge on any atom is 0.258 e. The predicted molar refractivity (Wildman–Crippen MR) is 72.5 cm³/mol. The van der Waals surface area contributed by atoms with Crippen LogP contribution in [0.2, 0.25) is 0 Å². The van der Waals surface area contributed by atoms with Crippen molar-refractivity contribution in [1.82, 2.24) is 0 Å². The summed E-state index contributed by atoms with van der Waals surface area (Å²) in [4.78, 5) is 14.8. The first-order chi connectivity index (χ1) is 9.79. The Morgan fingerprint density at radius 1 is 1.10 bits per heavy atom. The summed E-state index contributed by atoms with van der Waals surface area (Å²) >= 11 is 0. The van der Waals surface area contributed by atoms with Crippen LogP contribution in [0.25, 0.3) is 10.4 Å². The number of azide groups is 1. The van der Waals surface area contributed by atoms with Crippen molar-refractivity contribution >= 4 is 5.91 Å². The summed E-state index contributed by atoms with van der Waals surface area (Å²) in [5.74, 6) is -0.611. The monoisotopic (exact) mass is 265 g/mol. The van der Waals surface area contributed by atoms with E-state index in [0.717, 1.165) is 5.56 Å². The molecule has 0 aromatic heterocycles. The third-order valence-corrected chi connectivity index (χ3v) is 3.37. The van der Waals surface area contributed by atoms with Crippen LogP contribution in [0, 0.1) is 0 Å². The topological polar surface area (TPSA) is 78.4 Å². The van der Waals surface area contributed by atoms with Gasteiger partial charge in [-0.3, -0.25) is 4.79 Å². The number of hydrogen-bond donors (Lipinski definition) is 0. The molecular weight excluding hydrogens is 254 g/mol. The quantitative estimate of drug-likeness (QED) is 0.368. The summed E-state index contributed by atoms with van der Waals surface area (Å²) in [6.45, 7) is 0. The normalized spacial score (nSPS) is 23.7. The minimum atomic E-state index is -1.19. The molecule has 0 spiro atoms. The summed E-state index contributed by atoms with van der Waals surface area (Å²) in [6, 6.07) is 18.5. The van der Waals surface area contributed by atoms with E-state index in [1.165, 1.54) is 0 Å². The average Bonchev–Trinajstić information content (AvgIpc) is 3.26. The minimum absolute atomic E-state index is 0.413. The molecule has 0 radical (unpaired) electrons. The smallest absolute Gasteiger partial charge is 0.258 e. The van der Waals surface area contributed by atoms with E-state index in [-0.39, 0.29) is 0 Å². The third-order valence-electron chi connectivity index (χ3n) is 3.37. The predicted octanol–water partition coefficient (Wildman–Crippen LogP) is 3.49. The standard InChI is InChI=1S/C15H11N3O2/c16-18-17-14(19)15(12-9-5-2-6-10-12)13(20-15)11-7-3-1-4-8-11/h1-10,13H. The number of nitrogens with zero attached hydrogens (tertiary/aromatic N) is 3. The van der Waals surface area contributed by atoms with Gasteiger partial charge in [-0.15, -0.1) is 0 Å². The molecule has 1 aliphatic heterocycles. The maximum atomic E-state index is 12.2. The van der Waals surface area contributed by atoms with Crippen molar-refractivity contribution < 1.29 is 9.53 Å². The number of rotatable bonds is 3. The molecule has 1 saturated heterocycles.